The van der Waals surface area contributed by atoms with Crippen LogP contribution in [-0.4, -0.2) is 36.4 Å². The summed E-state index contributed by atoms with van der Waals surface area (Å²) in [5.41, 5.74) is 3.00. The van der Waals surface area contributed by atoms with Crippen LogP contribution in [-0.2, 0) is 4.74 Å². The number of ether oxygens (including phenoxy) is 1. The van der Waals surface area contributed by atoms with Gasteiger partial charge in [0.2, 0.25) is 0 Å². The normalized spacial score (nSPS) is 14.5. The molecule has 0 amide bonds. The summed E-state index contributed by atoms with van der Waals surface area (Å²) >= 11 is 5.39. The van der Waals surface area contributed by atoms with Crippen LogP contribution in [0.1, 0.15) is 0 Å². The molecule has 114 valence electrons. The minimum absolute atomic E-state index is 0.550. The Bertz CT molecular complexity index is 629. The summed E-state index contributed by atoms with van der Waals surface area (Å²) in [5.74, 6) is 0. The highest BCUT2D eigenvalue weighted by atomic mass is 32.1. The van der Waals surface area contributed by atoms with Crippen LogP contribution >= 0.6 is 12.2 Å². The van der Waals surface area contributed by atoms with E-state index in [0.29, 0.717) is 5.11 Å². The summed E-state index contributed by atoms with van der Waals surface area (Å²) in [6.07, 6.45) is 3.47. The number of pyridine rings is 1. The first-order valence-corrected chi connectivity index (χ1v) is 7.63. The molecule has 1 saturated heterocycles. The summed E-state index contributed by atoms with van der Waals surface area (Å²) in [5, 5.41) is 6.95. The number of morpholine rings is 1. The SMILES string of the molecule is S=C(Nc1cccnc1)Nc1ccccc1N1CCOCC1. The van der Waals surface area contributed by atoms with Crippen LogP contribution in [0.5, 0.6) is 0 Å². The third-order valence-electron chi connectivity index (χ3n) is 3.42. The monoisotopic (exact) mass is 314 g/mol. The Labute approximate surface area is 135 Å². The highest BCUT2D eigenvalue weighted by Crippen LogP contribution is 2.26. The quantitative estimate of drug-likeness (QED) is 0.850. The summed E-state index contributed by atoms with van der Waals surface area (Å²) in [7, 11) is 0. The van der Waals surface area contributed by atoms with Crippen molar-refractivity contribution in [3.05, 3.63) is 48.8 Å². The van der Waals surface area contributed by atoms with Crippen molar-refractivity contribution in [1.82, 2.24) is 4.98 Å². The van der Waals surface area contributed by atoms with E-state index in [-0.39, 0.29) is 0 Å². The lowest BCUT2D eigenvalue weighted by atomic mass is 10.2. The highest BCUT2D eigenvalue weighted by Gasteiger charge is 2.14. The zero-order valence-electron chi connectivity index (χ0n) is 12.2. The molecule has 0 radical (unpaired) electrons. The maximum atomic E-state index is 5.41. The largest absolute Gasteiger partial charge is 0.378 e. The topological polar surface area (TPSA) is 49.4 Å². The van der Waals surface area contributed by atoms with Crippen LogP contribution in [0.4, 0.5) is 17.1 Å². The van der Waals surface area contributed by atoms with Gasteiger partial charge in [-0.1, -0.05) is 12.1 Å². The first-order chi connectivity index (χ1) is 10.8. The molecule has 1 fully saturated rings. The second kappa shape index (κ2) is 7.20. The molecule has 3 rings (SSSR count). The van der Waals surface area contributed by atoms with Crippen molar-refractivity contribution in [1.29, 1.82) is 0 Å². The van der Waals surface area contributed by atoms with Gasteiger partial charge >= 0.3 is 0 Å². The lowest BCUT2D eigenvalue weighted by Crippen LogP contribution is -2.36. The lowest BCUT2D eigenvalue weighted by molar-refractivity contribution is 0.123. The fourth-order valence-electron chi connectivity index (χ4n) is 2.38. The van der Waals surface area contributed by atoms with Crippen LogP contribution in [0.3, 0.4) is 0 Å². The maximum Gasteiger partial charge on any atom is 0.175 e. The Balaban J connectivity index is 1.70. The Hall–Kier alpha value is -2.18. The van der Waals surface area contributed by atoms with Gasteiger partial charge in [-0.3, -0.25) is 4.98 Å². The Morgan fingerprint density at radius 3 is 2.68 bits per heavy atom. The third kappa shape index (κ3) is 3.72. The van der Waals surface area contributed by atoms with Crippen molar-refractivity contribution >= 4 is 34.4 Å². The number of aromatic nitrogens is 1. The smallest absolute Gasteiger partial charge is 0.175 e. The molecule has 0 unspecified atom stereocenters. The lowest BCUT2D eigenvalue weighted by Gasteiger charge is -2.30. The summed E-state index contributed by atoms with van der Waals surface area (Å²) in [6.45, 7) is 3.29. The minimum atomic E-state index is 0.550. The number of nitrogens with one attached hydrogen (secondary N) is 2. The maximum absolute atomic E-state index is 5.41. The molecule has 1 aliphatic rings. The second-order valence-corrected chi connectivity index (χ2v) is 5.35. The van der Waals surface area contributed by atoms with Gasteiger partial charge in [0.1, 0.15) is 0 Å². The molecule has 0 saturated carbocycles. The second-order valence-electron chi connectivity index (χ2n) is 4.94. The summed E-state index contributed by atoms with van der Waals surface area (Å²) in [4.78, 5) is 6.37. The van der Waals surface area contributed by atoms with Gasteiger partial charge in [0, 0.05) is 19.3 Å². The van der Waals surface area contributed by atoms with Gasteiger partial charge in [0.25, 0.3) is 0 Å². The van der Waals surface area contributed by atoms with Crippen molar-refractivity contribution in [3.8, 4) is 0 Å². The van der Waals surface area contributed by atoms with E-state index < -0.39 is 0 Å². The Kier molecular flexibility index (Phi) is 4.82. The number of anilines is 3. The van der Waals surface area contributed by atoms with E-state index in [4.69, 9.17) is 17.0 Å². The van der Waals surface area contributed by atoms with Gasteiger partial charge in [-0.2, -0.15) is 0 Å². The summed E-state index contributed by atoms with van der Waals surface area (Å²) < 4.78 is 5.41. The minimum Gasteiger partial charge on any atom is -0.378 e. The molecule has 2 heterocycles. The Morgan fingerprint density at radius 2 is 1.91 bits per heavy atom. The van der Waals surface area contributed by atoms with Crippen LogP contribution in [0.15, 0.2) is 48.8 Å². The molecule has 1 aromatic heterocycles. The first-order valence-electron chi connectivity index (χ1n) is 7.23. The van der Waals surface area contributed by atoms with Crippen molar-refractivity contribution in [3.63, 3.8) is 0 Å². The molecule has 6 heteroatoms. The summed E-state index contributed by atoms with van der Waals surface area (Å²) in [6, 6.07) is 12.0. The van der Waals surface area contributed by atoms with E-state index in [1.54, 1.807) is 12.4 Å². The van der Waals surface area contributed by atoms with Gasteiger partial charge in [0.15, 0.2) is 5.11 Å². The molecule has 1 aromatic carbocycles. The molecule has 1 aliphatic heterocycles. The van der Waals surface area contributed by atoms with Crippen molar-refractivity contribution in [2.75, 3.05) is 41.8 Å². The van der Waals surface area contributed by atoms with Crippen LogP contribution in [0.2, 0.25) is 0 Å². The van der Waals surface area contributed by atoms with Gasteiger partial charge in [-0.15, -0.1) is 0 Å². The standard InChI is InChI=1S/C16H18N4OS/c22-16(18-13-4-3-7-17-12-13)19-14-5-1-2-6-15(14)20-8-10-21-11-9-20/h1-7,12H,8-11H2,(H2,18,19,22). The van der Waals surface area contributed by atoms with Crippen molar-refractivity contribution in [2.45, 2.75) is 0 Å². The first kappa shape index (κ1) is 14.7. The molecule has 22 heavy (non-hydrogen) atoms. The number of benzene rings is 1. The van der Waals surface area contributed by atoms with Crippen LogP contribution in [0.25, 0.3) is 0 Å². The number of thiocarbonyl (C=S) groups is 1. The predicted octanol–water partition coefficient (Wildman–Crippen LogP) is 2.73. The van der Waals surface area contributed by atoms with E-state index in [9.17, 15) is 0 Å². The fraction of sp³-hybridized carbons (Fsp3) is 0.250. The fourth-order valence-corrected chi connectivity index (χ4v) is 2.61. The third-order valence-corrected chi connectivity index (χ3v) is 3.63. The van der Waals surface area contributed by atoms with Gasteiger partial charge in [-0.05, 0) is 36.5 Å². The molecule has 2 aromatic rings. The van der Waals surface area contributed by atoms with Crippen LogP contribution in [0, 0.1) is 0 Å². The zero-order valence-corrected chi connectivity index (χ0v) is 13.0. The molecule has 0 atom stereocenters. The van der Waals surface area contributed by atoms with Gasteiger partial charge < -0.3 is 20.3 Å². The average Bonchev–Trinajstić information content (AvgIpc) is 2.57. The van der Waals surface area contributed by atoms with Gasteiger partial charge in [0.05, 0.1) is 36.5 Å². The van der Waals surface area contributed by atoms with Crippen molar-refractivity contribution < 1.29 is 4.74 Å². The van der Waals surface area contributed by atoms with E-state index in [1.807, 2.05) is 30.3 Å². The molecule has 0 aliphatic carbocycles. The Morgan fingerprint density at radius 1 is 1.09 bits per heavy atom. The molecule has 0 bridgehead atoms. The van der Waals surface area contributed by atoms with E-state index in [0.717, 1.165) is 43.4 Å². The highest BCUT2D eigenvalue weighted by molar-refractivity contribution is 7.80. The zero-order chi connectivity index (χ0) is 15.2. The molecule has 5 nitrogen and oxygen atoms in total. The number of hydrogen-bond acceptors (Lipinski definition) is 4. The molecule has 2 N–H and O–H groups in total. The van der Waals surface area contributed by atoms with E-state index in [1.165, 1.54) is 0 Å². The van der Waals surface area contributed by atoms with Gasteiger partial charge in [-0.25, -0.2) is 0 Å². The average molecular weight is 314 g/mol. The number of para-hydroxylation sites is 2. The van der Waals surface area contributed by atoms with Crippen molar-refractivity contribution in [2.24, 2.45) is 0 Å². The molecular weight excluding hydrogens is 296 g/mol. The van der Waals surface area contributed by atoms with Crippen LogP contribution < -0.4 is 15.5 Å². The number of hydrogen-bond donors (Lipinski definition) is 2. The number of nitrogens with zero attached hydrogens (tertiary/aromatic N) is 2. The van der Waals surface area contributed by atoms with E-state index >= 15 is 0 Å². The molecular formula is C16H18N4OS. The molecule has 0 spiro atoms. The van der Waals surface area contributed by atoms with E-state index in [2.05, 4.69) is 26.6 Å². The predicted molar refractivity (Wildman–Crippen MR) is 93.6 cm³/mol. The number of rotatable bonds is 3.